The van der Waals surface area contributed by atoms with E-state index in [9.17, 15) is 4.79 Å². The van der Waals surface area contributed by atoms with Crippen molar-refractivity contribution in [1.82, 2.24) is 9.36 Å². The lowest BCUT2D eigenvalue weighted by Gasteiger charge is -2.07. The number of nitrogens with two attached hydrogens (primary N) is 1. The van der Waals surface area contributed by atoms with Gasteiger partial charge in [-0.2, -0.15) is 0 Å². The molecule has 116 valence electrons. The van der Waals surface area contributed by atoms with Crippen molar-refractivity contribution in [3.8, 4) is 5.69 Å². The van der Waals surface area contributed by atoms with E-state index in [1.165, 1.54) is 12.3 Å². The van der Waals surface area contributed by atoms with Gasteiger partial charge in [-0.1, -0.05) is 18.2 Å². The lowest BCUT2D eigenvalue weighted by Crippen LogP contribution is -2.21. The molecule has 23 heavy (non-hydrogen) atoms. The Morgan fingerprint density at radius 2 is 1.96 bits per heavy atom. The first-order chi connectivity index (χ1) is 11.0. The van der Waals surface area contributed by atoms with E-state index in [0.29, 0.717) is 22.8 Å². The van der Waals surface area contributed by atoms with Crippen molar-refractivity contribution < 1.29 is 0 Å². The van der Waals surface area contributed by atoms with E-state index in [1.54, 1.807) is 16.4 Å². The Morgan fingerprint density at radius 3 is 2.61 bits per heavy atom. The van der Waals surface area contributed by atoms with E-state index >= 15 is 0 Å². The van der Waals surface area contributed by atoms with Crippen LogP contribution in [0.3, 0.4) is 0 Å². The zero-order valence-electron chi connectivity index (χ0n) is 12.8. The summed E-state index contributed by atoms with van der Waals surface area (Å²) in [6.45, 7) is 1.82. The maximum absolute atomic E-state index is 12.7. The standard InChI is InChI=1S/C16H16N6O/c1-10-15(20-13-9-19-14(18)8-12(13)17)16(23)22(21(10)2)11-6-4-3-5-7-11/h3-9,18H,17H2,1-2H3/b18-14?,20-13+. The highest BCUT2D eigenvalue weighted by Crippen LogP contribution is 2.17. The van der Waals surface area contributed by atoms with Crippen LogP contribution in [0.1, 0.15) is 5.69 Å². The van der Waals surface area contributed by atoms with Gasteiger partial charge in [0.25, 0.3) is 5.56 Å². The highest BCUT2D eigenvalue weighted by atomic mass is 16.1. The number of nitrogens with zero attached hydrogens (tertiary/aromatic N) is 4. The van der Waals surface area contributed by atoms with Gasteiger partial charge in [-0.3, -0.25) is 14.9 Å². The summed E-state index contributed by atoms with van der Waals surface area (Å²) in [5.41, 5.74) is 8.11. The number of benzene rings is 1. The van der Waals surface area contributed by atoms with E-state index in [0.717, 1.165) is 5.69 Å². The van der Waals surface area contributed by atoms with Gasteiger partial charge in [0, 0.05) is 13.1 Å². The third-order valence-electron chi connectivity index (χ3n) is 3.67. The van der Waals surface area contributed by atoms with Gasteiger partial charge in [-0.25, -0.2) is 14.7 Å². The maximum Gasteiger partial charge on any atom is 0.297 e. The molecule has 7 nitrogen and oxygen atoms in total. The minimum absolute atomic E-state index is 0.0629. The molecule has 0 radical (unpaired) electrons. The fraction of sp³-hybridized carbons (Fsp3) is 0.125. The molecule has 0 bridgehead atoms. The average Bonchev–Trinajstić information content (AvgIpc) is 2.74. The Bertz CT molecular complexity index is 927. The molecule has 1 aliphatic heterocycles. The van der Waals surface area contributed by atoms with Crippen LogP contribution in [-0.4, -0.2) is 27.1 Å². The molecule has 0 saturated carbocycles. The predicted octanol–water partition coefficient (Wildman–Crippen LogP) is 1.46. The van der Waals surface area contributed by atoms with Crippen LogP contribution in [-0.2, 0) is 7.05 Å². The molecule has 0 spiro atoms. The van der Waals surface area contributed by atoms with Crippen molar-refractivity contribution in [2.24, 2.45) is 22.8 Å². The largest absolute Gasteiger partial charge is 0.397 e. The molecule has 2 aromatic rings. The highest BCUT2D eigenvalue weighted by molar-refractivity contribution is 6.42. The molecule has 0 aliphatic carbocycles. The van der Waals surface area contributed by atoms with E-state index in [-0.39, 0.29) is 11.4 Å². The maximum atomic E-state index is 12.7. The third kappa shape index (κ3) is 2.52. The number of aromatic nitrogens is 2. The third-order valence-corrected chi connectivity index (χ3v) is 3.67. The summed E-state index contributed by atoms with van der Waals surface area (Å²) >= 11 is 0. The van der Waals surface area contributed by atoms with E-state index in [1.807, 2.05) is 37.3 Å². The second-order valence-electron chi connectivity index (χ2n) is 5.15. The van der Waals surface area contributed by atoms with Crippen LogP contribution in [0, 0.1) is 12.3 Å². The van der Waals surface area contributed by atoms with Gasteiger partial charge in [-0.15, -0.1) is 0 Å². The number of nitrogens with one attached hydrogen (secondary N) is 1. The molecular formula is C16H16N6O. The van der Waals surface area contributed by atoms with E-state index < -0.39 is 0 Å². The van der Waals surface area contributed by atoms with Crippen molar-refractivity contribution in [3.63, 3.8) is 0 Å². The average molecular weight is 308 g/mol. The van der Waals surface area contributed by atoms with Crippen molar-refractivity contribution in [2.45, 2.75) is 6.92 Å². The van der Waals surface area contributed by atoms with Gasteiger partial charge < -0.3 is 5.73 Å². The number of hydrogen-bond acceptors (Lipinski definition) is 4. The summed E-state index contributed by atoms with van der Waals surface area (Å²) in [7, 11) is 1.80. The molecule has 0 unspecified atom stereocenters. The Balaban J connectivity index is 2.17. The fourth-order valence-electron chi connectivity index (χ4n) is 2.36. The molecule has 1 aromatic carbocycles. The van der Waals surface area contributed by atoms with Crippen molar-refractivity contribution in [3.05, 3.63) is 58.2 Å². The number of hydrogen-bond donors (Lipinski definition) is 2. The molecule has 0 fully saturated rings. The Morgan fingerprint density at radius 1 is 1.26 bits per heavy atom. The van der Waals surface area contributed by atoms with Gasteiger partial charge in [0.2, 0.25) is 0 Å². The van der Waals surface area contributed by atoms with Crippen LogP contribution in [0.5, 0.6) is 0 Å². The number of allylic oxidation sites excluding steroid dienone is 1. The number of aliphatic imine (C=N–C) groups is 2. The minimum Gasteiger partial charge on any atom is -0.397 e. The topological polar surface area (TPSA) is 102 Å². The smallest absolute Gasteiger partial charge is 0.297 e. The van der Waals surface area contributed by atoms with Gasteiger partial charge >= 0.3 is 0 Å². The molecule has 3 N–H and O–H groups in total. The summed E-state index contributed by atoms with van der Waals surface area (Å²) in [5, 5.41) is 7.44. The zero-order chi connectivity index (χ0) is 16.6. The molecular weight excluding hydrogens is 292 g/mol. The minimum atomic E-state index is -0.231. The van der Waals surface area contributed by atoms with Crippen LogP contribution in [0.2, 0.25) is 0 Å². The van der Waals surface area contributed by atoms with Crippen molar-refractivity contribution in [1.29, 1.82) is 5.41 Å². The molecule has 0 saturated heterocycles. The predicted molar refractivity (Wildman–Crippen MR) is 91.3 cm³/mol. The summed E-state index contributed by atoms with van der Waals surface area (Å²) in [6.07, 6.45) is 2.81. The van der Waals surface area contributed by atoms with Crippen LogP contribution in [0.25, 0.3) is 5.69 Å². The van der Waals surface area contributed by atoms with Crippen LogP contribution in [0.4, 0.5) is 5.69 Å². The fourth-order valence-corrected chi connectivity index (χ4v) is 2.36. The number of dihydropyridines is 1. The second kappa shape index (κ2) is 5.53. The van der Waals surface area contributed by atoms with Crippen molar-refractivity contribution >= 4 is 23.4 Å². The van der Waals surface area contributed by atoms with Crippen LogP contribution < -0.4 is 11.3 Å². The van der Waals surface area contributed by atoms with Crippen LogP contribution in [0.15, 0.2) is 56.9 Å². The molecule has 0 atom stereocenters. The summed E-state index contributed by atoms with van der Waals surface area (Å²) in [6, 6.07) is 9.35. The van der Waals surface area contributed by atoms with Gasteiger partial charge in [0.05, 0.1) is 23.3 Å². The zero-order valence-corrected chi connectivity index (χ0v) is 12.8. The first-order valence-electron chi connectivity index (χ1n) is 7.02. The van der Waals surface area contributed by atoms with Gasteiger partial charge in [0.15, 0.2) is 5.69 Å². The lowest BCUT2D eigenvalue weighted by atomic mass is 10.2. The van der Waals surface area contributed by atoms with E-state index in [4.69, 9.17) is 11.1 Å². The normalized spacial score (nSPS) is 16.0. The summed E-state index contributed by atoms with van der Waals surface area (Å²) in [5.74, 6) is 0.0629. The number of para-hydroxylation sites is 1. The molecule has 0 amide bonds. The molecule has 2 heterocycles. The number of amidine groups is 1. The van der Waals surface area contributed by atoms with Gasteiger partial charge in [-0.05, 0) is 19.1 Å². The Labute approximate surface area is 132 Å². The Hall–Kier alpha value is -3.22. The molecule has 3 rings (SSSR count). The molecule has 1 aliphatic rings. The van der Waals surface area contributed by atoms with Crippen molar-refractivity contribution in [2.75, 3.05) is 0 Å². The SMILES string of the molecule is Cc1c(/N=C2\C=NC(=N)C=C2N)c(=O)n(-c2ccccc2)n1C. The first kappa shape index (κ1) is 14.7. The molecule has 7 heteroatoms. The van der Waals surface area contributed by atoms with Crippen LogP contribution >= 0.6 is 0 Å². The summed E-state index contributed by atoms with van der Waals surface area (Å²) < 4.78 is 3.30. The van der Waals surface area contributed by atoms with E-state index in [2.05, 4.69) is 9.98 Å². The monoisotopic (exact) mass is 308 g/mol. The number of rotatable bonds is 2. The van der Waals surface area contributed by atoms with Gasteiger partial charge in [0.1, 0.15) is 11.5 Å². The second-order valence-corrected chi connectivity index (χ2v) is 5.15. The lowest BCUT2D eigenvalue weighted by molar-refractivity contribution is 0.630. The quantitative estimate of drug-likeness (QED) is 0.877. The summed E-state index contributed by atoms with van der Waals surface area (Å²) in [4.78, 5) is 21.0. The molecule has 1 aromatic heterocycles. The first-order valence-corrected chi connectivity index (χ1v) is 7.02. The highest BCUT2D eigenvalue weighted by Gasteiger charge is 2.17. The Kier molecular flexibility index (Phi) is 3.53.